The van der Waals surface area contributed by atoms with Crippen LogP contribution in [0, 0.1) is 0 Å². The van der Waals surface area contributed by atoms with Crippen LogP contribution in [0.25, 0.3) is 0 Å². The number of para-hydroxylation sites is 6. The third-order valence-corrected chi connectivity index (χ3v) is 15.7. The van der Waals surface area contributed by atoms with Crippen molar-refractivity contribution in [3.8, 4) is 34.5 Å². The van der Waals surface area contributed by atoms with Crippen LogP contribution in [0.15, 0.2) is 177 Å². The number of aliphatic hydroxyl groups excluding tert-OH is 3. The molecule has 0 saturated heterocycles. The van der Waals surface area contributed by atoms with Crippen molar-refractivity contribution in [2.75, 3.05) is 0 Å². The topological polar surface area (TPSA) is 153 Å². The van der Waals surface area contributed by atoms with E-state index in [2.05, 4.69) is 0 Å². The number of hydrogen-bond acceptors (Lipinski definition) is 12. The predicted molar refractivity (Wildman–Crippen MR) is 208 cm³/mol. The lowest BCUT2D eigenvalue weighted by Crippen LogP contribution is -2.12. The van der Waals surface area contributed by atoms with Gasteiger partial charge in [0.1, 0.15) is 34.5 Å². The fourth-order valence-electron chi connectivity index (χ4n) is 5.17. The molecule has 1 heterocycles. The molecule has 0 aromatic heterocycles. The van der Waals surface area contributed by atoms with Gasteiger partial charge in [0.05, 0.1) is 19.8 Å². The molecule has 0 unspecified atom stereocenters. The maximum Gasteiger partial charge on any atom is 0.460 e. The molecule has 0 fully saturated rings. The fourth-order valence-corrected chi connectivity index (χ4v) is 14.3. The Balaban J connectivity index is 1.60. The van der Waals surface area contributed by atoms with E-state index in [0.717, 1.165) is 0 Å². The van der Waals surface area contributed by atoms with Crippen LogP contribution in [0.1, 0.15) is 16.7 Å². The highest BCUT2D eigenvalue weighted by molar-refractivity contribution is 7.79. The summed E-state index contributed by atoms with van der Waals surface area (Å²) in [5.74, 6) is 1.68. The Bertz CT molecular complexity index is 2090. The number of nitrogens with zero attached hydrogens (tertiary/aromatic N) is 3. The Labute approximate surface area is 313 Å². The lowest BCUT2D eigenvalue weighted by Gasteiger charge is -2.33. The van der Waals surface area contributed by atoms with E-state index < -0.39 is 23.0 Å². The molecule has 0 atom stereocenters. The van der Waals surface area contributed by atoms with Crippen LogP contribution in [0.5, 0.6) is 34.5 Å². The minimum Gasteiger partial charge on any atom is -0.413 e. The van der Waals surface area contributed by atoms with Gasteiger partial charge in [-0.15, -0.1) is 0 Å². The third-order valence-electron chi connectivity index (χ3n) is 7.66. The monoisotopic (exact) mass is 783 g/mol. The maximum absolute atomic E-state index is 10.4. The van der Waals surface area contributed by atoms with Gasteiger partial charge in [0.15, 0.2) is 0 Å². The first-order valence-corrected chi connectivity index (χ1v) is 21.3. The summed E-state index contributed by atoms with van der Waals surface area (Å²) < 4.78 is 56.2. The highest BCUT2D eigenvalue weighted by Gasteiger charge is 2.49. The molecule has 0 spiro atoms. The van der Waals surface area contributed by atoms with Crippen LogP contribution < -0.4 is 27.1 Å². The maximum atomic E-state index is 10.4. The van der Waals surface area contributed by atoms with Gasteiger partial charge >= 0.3 is 23.0 Å². The summed E-state index contributed by atoms with van der Waals surface area (Å²) in [6.45, 7) is -1.10. The number of aliphatic hydroxyl groups is 3. The molecule has 15 heteroatoms. The normalized spacial score (nSPS) is 20.3. The number of rotatable bonds is 15. The zero-order chi connectivity index (χ0) is 37.3. The molecule has 0 aliphatic carbocycles. The molecule has 6 aromatic carbocycles. The first-order chi connectivity index (χ1) is 26.4. The van der Waals surface area contributed by atoms with E-state index in [1.807, 2.05) is 18.2 Å². The highest BCUT2D eigenvalue weighted by atomic mass is 31.3. The van der Waals surface area contributed by atoms with Crippen LogP contribution in [0.4, 0.5) is 0 Å². The zero-order valence-electron chi connectivity index (χ0n) is 28.7. The summed E-state index contributed by atoms with van der Waals surface area (Å²) in [5, 5.41) is 31.2. The average Bonchev–Trinajstić information content (AvgIpc) is 3.19. The van der Waals surface area contributed by atoms with Crippen LogP contribution in [0.3, 0.4) is 0 Å². The smallest absolute Gasteiger partial charge is 0.413 e. The average molecular weight is 784 g/mol. The summed E-state index contributed by atoms with van der Waals surface area (Å²) in [4.78, 5) is 0. The second-order valence-corrected chi connectivity index (χ2v) is 17.7. The van der Waals surface area contributed by atoms with Gasteiger partial charge in [0, 0.05) is 16.7 Å². The van der Waals surface area contributed by atoms with E-state index in [9.17, 15) is 15.3 Å². The van der Waals surface area contributed by atoms with Gasteiger partial charge in [-0.2, -0.15) is 0 Å². The van der Waals surface area contributed by atoms with Crippen LogP contribution in [-0.4, -0.2) is 15.3 Å². The Hall–Kier alpha value is -5.31. The largest absolute Gasteiger partial charge is 0.460 e. The molecule has 0 bridgehead atoms. The molecule has 276 valence electrons. The first-order valence-electron chi connectivity index (χ1n) is 16.7. The SMILES string of the molecule is OCc1ccccc1OP1(Oc2ccccc2)=NP(Oc2ccccc2)(Oc2ccccc2CO)=NP(Oc2ccccc2)(Oc2ccccc2CO)=N1. The van der Waals surface area contributed by atoms with Gasteiger partial charge in [-0.3, -0.25) is 0 Å². The van der Waals surface area contributed by atoms with Crippen molar-refractivity contribution < 1.29 is 42.5 Å². The molecular formula is C39H36N3O9P3. The molecule has 3 N–H and O–H groups in total. The summed E-state index contributed by atoms with van der Waals surface area (Å²) in [6.07, 6.45) is 0. The van der Waals surface area contributed by atoms with E-state index in [1.54, 1.807) is 146 Å². The lowest BCUT2D eigenvalue weighted by atomic mass is 10.2. The third kappa shape index (κ3) is 8.73. The minimum atomic E-state index is -4.19. The molecule has 0 amide bonds. The quantitative estimate of drug-likeness (QED) is 0.0864. The van der Waals surface area contributed by atoms with E-state index in [1.165, 1.54) is 0 Å². The first kappa shape index (κ1) is 37.0. The summed E-state index contributed by atoms with van der Waals surface area (Å²) in [6, 6.07) is 47.2. The van der Waals surface area contributed by atoms with Gasteiger partial charge in [-0.05, 0) is 54.6 Å². The zero-order valence-corrected chi connectivity index (χ0v) is 31.4. The van der Waals surface area contributed by atoms with Gasteiger partial charge in [0.2, 0.25) is 0 Å². The van der Waals surface area contributed by atoms with Crippen molar-refractivity contribution in [2.24, 2.45) is 13.5 Å². The van der Waals surface area contributed by atoms with E-state index >= 15 is 0 Å². The van der Waals surface area contributed by atoms with Crippen molar-refractivity contribution in [2.45, 2.75) is 19.8 Å². The van der Waals surface area contributed by atoms with Crippen molar-refractivity contribution in [3.63, 3.8) is 0 Å². The molecule has 12 nitrogen and oxygen atoms in total. The fraction of sp³-hybridized carbons (Fsp3) is 0.0769. The Morgan fingerprint density at radius 3 is 0.815 bits per heavy atom. The molecule has 0 saturated carbocycles. The summed E-state index contributed by atoms with van der Waals surface area (Å²) >= 11 is 0. The Kier molecular flexibility index (Phi) is 11.5. The lowest BCUT2D eigenvalue weighted by molar-refractivity contribution is 0.278. The number of benzene rings is 6. The number of hydrogen-bond donors (Lipinski definition) is 3. The Morgan fingerprint density at radius 2 is 0.556 bits per heavy atom. The standard InChI is InChI=1S/C39H36N3O9P3/c43-28-31-16-10-13-25-37(31)49-52(46-34-19-4-1-5-20-34)40-53(47-35-21-6-2-7-22-35,50-38-26-14-11-17-32(38)29-44)42-54(41-52,48-36-23-8-3-9-24-36)51-39-27-15-12-18-33(39)30-45/h1-27,43-45H,28-30H2. The summed E-state index contributed by atoms with van der Waals surface area (Å²) in [5.41, 5.74) is 1.29. The molecule has 0 radical (unpaired) electrons. The van der Waals surface area contributed by atoms with Crippen LogP contribution in [0.2, 0.25) is 0 Å². The van der Waals surface area contributed by atoms with Gasteiger partial charge in [0.25, 0.3) is 0 Å². The van der Waals surface area contributed by atoms with Crippen molar-refractivity contribution in [1.29, 1.82) is 0 Å². The minimum absolute atomic E-state index is 0.223. The van der Waals surface area contributed by atoms with E-state index in [-0.39, 0.29) is 37.1 Å². The Morgan fingerprint density at radius 1 is 0.315 bits per heavy atom. The molecule has 6 aromatic rings. The molecule has 54 heavy (non-hydrogen) atoms. The van der Waals surface area contributed by atoms with E-state index in [4.69, 9.17) is 40.7 Å². The second-order valence-electron chi connectivity index (χ2n) is 11.5. The highest BCUT2D eigenvalue weighted by Crippen LogP contribution is 2.78. The van der Waals surface area contributed by atoms with Crippen molar-refractivity contribution in [3.05, 3.63) is 180 Å². The molecule has 1 aliphatic heterocycles. The molecule has 1 aliphatic rings. The van der Waals surface area contributed by atoms with Gasteiger partial charge in [-0.25, -0.2) is 0 Å². The van der Waals surface area contributed by atoms with Gasteiger partial charge < -0.3 is 42.5 Å². The van der Waals surface area contributed by atoms with E-state index in [0.29, 0.717) is 33.9 Å². The summed E-state index contributed by atoms with van der Waals surface area (Å²) in [7, 11) is -12.6. The van der Waals surface area contributed by atoms with Crippen molar-refractivity contribution >= 4 is 23.0 Å². The predicted octanol–water partition coefficient (Wildman–Crippen LogP) is 10.8. The molecular weight excluding hydrogens is 747 g/mol. The van der Waals surface area contributed by atoms with Crippen LogP contribution >= 0.6 is 23.0 Å². The molecule has 7 rings (SSSR count). The second kappa shape index (κ2) is 16.8. The van der Waals surface area contributed by atoms with Crippen LogP contribution in [-0.2, 0) is 19.8 Å². The van der Waals surface area contributed by atoms with Gasteiger partial charge in [-0.1, -0.05) is 123 Å². The van der Waals surface area contributed by atoms with Crippen molar-refractivity contribution in [1.82, 2.24) is 0 Å².